The fourth-order valence-electron chi connectivity index (χ4n) is 3.63. The van der Waals surface area contributed by atoms with Gasteiger partial charge in [0.1, 0.15) is 26.9 Å². The molecule has 0 fully saturated rings. The van der Waals surface area contributed by atoms with Crippen molar-refractivity contribution < 1.29 is 64.5 Å². The number of aromatic hydroxyl groups is 1. The number of nitrogens with zero attached hydrogens (tertiary/aromatic N) is 4. The maximum Gasteiger partial charge on any atom is 0.296 e. The van der Waals surface area contributed by atoms with Gasteiger partial charge in [0.05, 0.1) is 34.6 Å². The molecule has 234 valence electrons. The minimum absolute atomic E-state index is 0.0681. The second-order valence-corrected chi connectivity index (χ2v) is 12.0. The largest absolute Gasteiger partial charge is 0.505 e. The molecule has 0 amide bonds. The number of hydrogen-bond acceptors (Lipinski definition) is 19. The molecule has 0 aromatic heterocycles. The lowest BCUT2D eigenvalue weighted by Crippen LogP contribution is -2.02. The summed E-state index contributed by atoms with van der Waals surface area (Å²) in [5, 5.41) is 49.3. The first-order valence-electron chi connectivity index (χ1n) is 11.2. The number of anilines is 1. The smallest absolute Gasteiger partial charge is 0.296 e. The molecule has 0 saturated heterocycles. The van der Waals surface area contributed by atoms with E-state index in [-0.39, 0.29) is 46.4 Å². The molecular weight excluding hydrogens is 663 g/mol. The zero-order valence-electron chi connectivity index (χ0n) is 21.4. The molecule has 23 heteroatoms. The molecule has 7 N–H and O–H groups in total. The van der Waals surface area contributed by atoms with Gasteiger partial charge in [0.2, 0.25) is 0 Å². The highest BCUT2D eigenvalue weighted by atomic mass is 32.2. The van der Waals surface area contributed by atoms with Gasteiger partial charge in [-0.1, -0.05) is 16.1 Å². The van der Waals surface area contributed by atoms with Crippen LogP contribution in [0.4, 0.5) is 22.7 Å². The van der Waals surface area contributed by atoms with Gasteiger partial charge >= 0.3 is 0 Å². The van der Waals surface area contributed by atoms with E-state index in [0.29, 0.717) is 24.3 Å². The number of aryl methyl sites for hydroxylation is 1. The molecule has 0 aliphatic heterocycles. The van der Waals surface area contributed by atoms with Crippen LogP contribution in [0.25, 0.3) is 10.8 Å². The Labute approximate surface area is 251 Å². The first-order valence-corrected chi connectivity index (χ1v) is 15.4. The number of phenols is 1. The summed E-state index contributed by atoms with van der Waals surface area (Å²) in [6.07, 6.45) is 0.653. The maximum atomic E-state index is 12.1. The molecule has 0 aliphatic carbocycles. The van der Waals surface area contributed by atoms with Gasteiger partial charge in [-0.2, -0.15) is 27.1 Å². The van der Waals surface area contributed by atoms with Gasteiger partial charge in [0.15, 0.2) is 18.1 Å². The Morgan fingerprint density at radius 1 is 0.907 bits per heavy atom. The lowest BCUT2D eigenvalue weighted by atomic mass is 10.1. The summed E-state index contributed by atoms with van der Waals surface area (Å²) in [5.41, 5.74) is 4.85. The first kappa shape index (κ1) is 34.5. The van der Waals surface area contributed by atoms with Crippen molar-refractivity contribution in [2.75, 3.05) is 19.4 Å². The van der Waals surface area contributed by atoms with Gasteiger partial charge in [-0.25, -0.2) is 10.5 Å². The van der Waals surface area contributed by atoms with Crippen molar-refractivity contribution in [3.63, 3.8) is 0 Å². The van der Waals surface area contributed by atoms with Crippen LogP contribution < -0.4 is 5.73 Å². The molecule has 0 unspecified atom stereocenters. The van der Waals surface area contributed by atoms with E-state index >= 15 is 0 Å². The van der Waals surface area contributed by atoms with Gasteiger partial charge in [-0.3, -0.25) is 13.3 Å². The summed E-state index contributed by atoms with van der Waals surface area (Å²) in [6, 6.07) is 5.96. The number of rotatable bonds is 15. The molecule has 0 saturated carbocycles. The topological polar surface area (TPSA) is 291 Å². The average molecular weight is 684 g/mol. The van der Waals surface area contributed by atoms with Crippen LogP contribution in [0.3, 0.4) is 0 Å². The normalized spacial score (nSPS) is 12.7. The number of fused-ring (bicyclic) bond motifs is 1. The third-order valence-electron chi connectivity index (χ3n) is 5.31. The number of phenolic OH excluding ortho intramolecular Hbond substituents is 1. The van der Waals surface area contributed by atoms with Crippen molar-refractivity contribution in [2.24, 2.45) is 20.5 Å². The van der Waals surface area contributed by atoms with E-state index in [4.69, 9.17) is 20.4 Å². The van der Waals surface area contributed by atoms with Crippen molar-refractivity contribution in [2.45, 2.75) is 27.5 Å². The van der Waals surface area contributed by atoms with E-state index in [1.165, 1.54) is 25.2 Å². The van der Waals surface area contributed by atoms with Crippen LogP contribution in [0, 0.1) is 0 Å². The molecule has 19 nitrogen and oxygen atoms in total. The summed E-state index contributed by atoms with van der Waals surface area (Å²) in [5.74, 6) is -0.726. The van der Waals surface area contributed by atoms with Crippen molar-refractivity contribution in [3.05, 3.63) is 35.9 Å². The van der Waals surface area contributed by atoms with Gasteiger partial charge in [-0.15, -0.1) is 18.9 Å². The van der Waals surface area contributed by atoms with Crippen LogP contribution in [-0.2, 0) is 49.6 Å². The third-order valence-corrected chi connectivity index (χ3v) is 8.05. The summed E-state index contributed by atoms with van der Waals surface area (Å²) in [7, 11) is -8.50. The third kappa shape index (κ3) is 8.76. The van der Waals surface area contributed by atoms with Crippen molar-refractivity contribution in [1.82, 2.24) is 0 Å². The number of nitrogen functional groups attached to an aromatic ring is 1. The van der Waals surface area contributed by atoms with Gasteiger partial charge in [0.25, 0.3) is 20.2 Å². The number of hydrogen-bond donors (Lipinski definition) is 6. The van der Waals surface area contributed by atoms with E-state index in [9.17, 15) is 31.0 Å². The average Bonchev–Trinajstić information content (AvgIpc) is 2.93. The predicted octanol–water partition coefficient (Wildman–Crippen LogP) is 5.11. The van der Waals surface area contributed by atoms with E-state index in [2.05, 4.69) is 39.2 Å². The molecule has 3 rings (SSSR count). The Morgan fingerprint density at radius 2 is 1.60 bits per heavy atom. The highest BCUT2D eigenvalue weighted by Gasteiger charge is 2.25. The summed E-state index contributed by atoms with van der Waals surface area (Å²) in [4.78, 5) is -1.52. The number of benzene rings is 3. The monoisotopic (exact) mass is 683 g/mol. The van der Waals surface area contributed by atoms with Gasteiger partial charge < -0.3 is 10.8 Å². The first-order chi connectivity index (χ1) is 20.3. The highest BCUT2D eigenvalue weighted by molar-refractivity contribution is 7.94. The molecule has 0 spiro atoms. The van der Waals surface area contributed by atoms with Crippen LogP contribution >= 0.6 is 24.4 Å². The summed E-state index contributed by atoms with van der Waals surface area (Å²) < 4.78 is 81.0. The zero-order chi connectivity index (χ0) is 31.8. The molecule has 43 heavy (non-hydrogen) atoms. The fraction of sp³-hybridized carbons (Fsp3) is 0.200. The second-order valence-electron chi connectivity index (χ2n) is 7.92. The lowest BCUT2D eigenvalue weighted by Gasteiger charge is -2.14. The molecule has 0 aliphatic rings. The summed E-state index contributed by atoms with van der Waals surface area (Å²) >= 11 is 0.653. The van der Waals surface area contributed by atoms with Gasteiger partial charge in [-0.05, 0) is 48.1 Å². The van der Waals surface area contributed by atoms with Crippen LogP contribution in [0.15, 0.2) is 65.5 Å². The molecule has 0 radical (unpaired) electrons. The standard InChI is InChI=1S/C20H21N5O14S4/c1-22-24-19-15(43(32,33)34)9-11-8-13(40-38-36-27)18(20(26)16(11)17(19)21)25-23-12-5-4-10(7-14(12)42(29,30)31)3-2-6-35-41-39-37-28/h4-5,7-9,26-28H,2-3,6,21H2,1H3,(H,29,30,31)(H,32,33,34). The molecule has 0 atom stereocenters. The Morgan fingerprint density at radius 3 is 2.23 bits per heavy atom. The molecule has 3 aromatic carbocycles. The Balaban J connectivity index is 2.13. The zero-order valence-corrected chi connectivity index (χ0v) is 24.7. The molecular formula is C20H21N5O14S4. The van der Waals surface area contributed by atoms with Crippen LogP contribution in [-0.4, -0.2) is 55.2 Å². The van der Waals surface area contributed by atoms with Crippen molar-refractivity contribution >= 4 is 78.1 Å². The van der Waals surface area contributed by atoms with Crippen LogP contribution in [0.5, 0.6) is 5.75 Å². The fourth-order valence-corrected chi connectivity index (χ4v) is 5.72. The molecule has 3 aromatic rings. The predicted molar refractivity (Wildman–Crippen MR) is 148 cm³/mol. The minimum atomic E-state index is -4.87. The quantitative estimate of drug-likeness (QED) is 0.0230. The number of nitrogens with two attached hydrogens (primary N) is 1. The highest BCUT2D eigenvalue weighted by Crippen LogP contribution is 2.49. The van der Waals surface area contributed by atoms with Crippen LogP contribution in [0.1, 0.15) is 12.0 Å². The lowest BCUT2D eigenvalue weighted by molar-refractivity contribution is -0.434. The molecule has 0 heterocycles. The minimum Gasteiger partial charge on any atom is -0.505 e. The van der Waals surface area contributed by atoms with Gasteiger partial charge in [0, 0.05) is 7.05 Å². The van der Waals surface area contributed by atoms with Crippen molar-refractivity contribution in [1.29, 1.82) is 0 Å². The van der Waals surface area contributed by atoms with Crippen molar-refractivity contribution in [3.8, 4) is 5.75 Å². The summed E-state index contributed by atoms with van der Waals surface area (Å²) in [6.45, 7) is 0.119. The number of azo groups is 2. The SMILES string of the molecule is CN=Nc1c(S(=O)(=O)O)cc2cc(SOOO)c(N=Nc3ccc(CCCOSOOO)cc3S(=O)(=O)O)c(O)c2c1N. The molecule has 0 bridgehead atoms. The Bertz CT molecular complexity index is 1750. The van der Waals surface area contributed by atoms with E-state index in [1.807, 2.05) is 0 Å². The Kier molecular flexibility index (Phi) is 12.1. The van der Waals surface area contributed by atoms with E-state index < -0.39 is 52.8 Å². The van der Waals surface area contributed by atoms with Crippen LogP contribution in [0.2, 0.25) is 0 Å². The Hall–Kier alpha value is -3.04. The maximum absolute atomic E-state index is 12.1. The van der Waals surface area contributed by atoms with E-state index in [0.717, 1.165) is 12.1 Å². The second kappa shape index (κ2) is 15.1. The van der Waals surface area contributed by atoms with E-state index in [1.54, 1.807) is 0 Å².